The largest absolute Gasteiger partial charge is 0.507 e. The Kier molecular flexibility index (Phi) is 6.72. The molecule has 5 nitrogen and oxygen atoms in total. The highest BCUT2D eigenvalue weighted by Gasteiger charge is 2.17. The van der Waals surface area contributed by atoms with Crippen LogP contribution in [0.5, 0.6) is 5.75 Å². The van der Waals surface area contributed by atoms with E-state index in [1.165, 1.54) is 19.2 Å². The number of phenols is 1. The first-order valence-electron chi connectivity index (χ1n) is 7.25. The minimum absolute atomic E-state index is 0.0388. The van der Waals surface area contributed by atoms with Crippen molar-refractivity contribution >= 4 is 17.6 Å². The molecule has 1 aromatic carbocycles. The number of carbonyl (C=O) groups excluding carboxylic acids is 2. The summed E-state index contributed by atoms with van der Waals surface area (Å²) < 4.78 is 4.59. The second-order valence-corrected chi connectivity index (χ2v) is 4.96. The van der Waals surface area contributed by atoms with Crippen LogP contribution in [0.1, 0.15) is 49.9 Å². The average molecular weight is 293 g/mol. The molecule has 21 heavy (non-hydrogen) atoms. The Morgan fingerprint density at radius 3 is 2.62 bits per heavy atom. The number of hydrogen-bond donors (Lipinski definition) is 2. The molecule has 5 heteroatoms. The molecule has 1 atom stereocenters. The molecule has 2 N–H and O–H groups in total. The molecule has 1 rings (SSSR count). The van der Waals surface area contributed by atoms with Gasteiger partial charge in [-0.05, 0) is 31.0 Å². The van der Waals surface area contributed by atoms with Gasteiger partial charge in [0.1, 0.15) is 11.3 Å². The number of unbranched alkanes of at least 4 members (excludes halogenated alkanes) is 1. The smallest absolute Gasteiger partial charge is 0.341 e. The summed E-state index contributed by atoms with van der Waals surface area (Å²) in [5.74, 6) is -0.910. The minimum Gasteiger partial charge on any atom is -0.507 e. The van der Waals surface area contributed by atoms with Crippen molar-refractivity contribution in [1.29, 1.82) is 0 Å². The summed E-state index contributed by atoms with van der Waals surface area (Å²) in [4.78, 5) is 23.7. The molecule has 0 radical (unpaired) electrons. The number of ether oxygens (including phenoxy) is 1. The van der Waals surface area contributed by atoms with Crippen LogP contribution >= 0.6 is 0 Å². The summed E-state index contributed by atoms with van der Waals surface area (Å²) in [6.07, 6.45) is 3.68. The Hall–Kier alpha value is -2.04. The van der Waals surface area contributed by atoms with E-state index in [9.17, 15) is 14.7 Å². The number of phenolic OH excluding ortho intramolecular Hbond substituents is 1. The third-order valence-electron chi connectivity index (χ3n) is 3.44. The van der Waals surface area contributed by atoms with Crippen LogP contribution < -0.4 is 5.32 Å². The zero-order valence-electron chi connectivity index (χ0n) is 12.8. The fraction of sp³-hybridized carbons (Fsp3) is 0.500. The van der Waals surface area contributed by atoms with Crippen molar-refractivity contribution in [3.8, 4) is 5.75 Å². The number of methoxy groups -OCH3 is 1. The molecule has 0 saturated heterocycles. The molecule has 116 valence electrons. The molecule has 0 spiro atoms. The second kappa shape index (κ2) is 8.29. The predicted molar refractivity (Wildman–Crippen MR) is 81.4 cm³/mol. The lowest BCUT2D eigenvalue weighted by Crippen LogP contribution is -2.22. The van der Waals surface area contributed by atoms with E-state index in [2.05, 4.69) is 17.0 Å². The second-order valence-electron chi connectivity index (χ2n) is 4.96. The van der Waals surface area contributed by atoms with Gasteiger partial charge >= 0.3 is 5.97 Å². The predicted octanol–water partition coefficient (Wildman–Crippen LogP) is 3.33. The zero-order chi connectivity index (χ0) is 15.8. The van der Waals surface area contributed by atoms with Crippen LogP contribution in [-0.4, -0.2) is 24.1 Å². The molecule has 0 aliphatic heterocycles. The number of anilines is 1. The highest BCUT2D eigenvalue weighted by atomic mass is 16.5. The number of aromatic hydroxyl groups is 1. The van der Waals surface area contributed by atoms with Gasteiger partial charge in [-0.25, -0.2) is 4.79 Å². The fourth-order valence-electron chi connectivity index (χ4n) is 2.10. The van der Waals surface area contributed by atoms with Gasteiger partial charge in [-0.3, -0.25) is 4.79 Å². The molecule has 0 aliphatic carbocycles. The van der Waals surface area contributed by atoms with Crippen molar-refractivity contribution in [2.75, 3.05) is 12.4 Å². The zero-order valence-corrected chi connectivity index (χ0v) is 12.8. The maximum atomic E-state index is 12.2. The van der Waals surface area contributed by atoms with Crippen LogP contribution in [0.25, 0.3) is 0 Å². The minimum atomic E-state index is -0.637. The van der Waals surface area contributed by atoms with Crippen molar-refractivity contribution < 1.29 is 19.4 Å². The first-order valence-corrected chi connectivity index (χ1v) is 7.25. The van der Waals surface area contributed by atoms with Gasteiger partial charge in [-0.2, -0.15) is 0 Å². The Balaban J connectivity index is 2.82. The molecular weight excluding hydrogens is 270 g/mol. The highest BCUT2D eigenvalue weighted by molar-refractivity contribution is 5.97. The van der Waals surface area contributed by atoms with Crippen molar-refractivity contribution in [1.82, 2.24) is 0 Å². The Morgan fingerprint density at radius 1 is 1.33 bits per heavy atom. The quantitative estimate of drug-likeness (QED) is 0.597. The van der Waals surface area contributed by atoms with Gasteiger partial charge in [0, 0.05) is 11.6 Å². The molecule has 1 aromatic rings. The Labute approximate surface area is 125 Å². The number of esters is 1. The molecule has 0 saturated carbocycles. The number of amides is 1. The number of carbonyl (C=O) groups is 2. The SMILES string of the molecule is CCCC[C@H](CC)C(=O)Nc1ccc(O)c(C(=O)OC)c1. The summed E-state index contributed by atoms with van der Waals surface area (Å²) in [7, 11) is 1.24. The molecule has 0 aromatic heterocycles. The number of benzene rings is 1. The van der Waals surface area contributed by atoms with Gasteiger partial charge in [0.2, 0.25) is 5.91 Å². The molecule has 0 aliphatic rings. The van der Waals surface area contributed by atoms with Crippen LogP contribution in [0.15, 0.2) is 18.2 Å². The average Bonchev–Trinajstić information content (AvgIpc) is 2.49. The van der Waals surface area contributed by atoms with Crippen molar-refractivity contribution in [3.63, 3.8) is 0 Å². The third-order valence-corrected chi connectivity index (χ3v) is 3.44. The lowest BCUT2D eigenvalue weighted by atomic mass is 9.98. The first kappa shape index (κ1) is 17.0. The van der Waals surface area contributed by atoms with Gasteiger partial charge in [0.25, 0.3) is 0 Å². The molecule has 0 fully saturated rings. The summed E-state index contributed by atoms with van der Waals surface area (Å²) in [6, 6.07) is 4.35. The van der Waals surface area contributed by atoms with Crippen LogP contribution in [0, 0.1) is 5.92 Å². The summed E-state index contributed by atoms with van der Waals surface area (Å²) in [5.41, 5.74) is 0.519. The lowest BCUT2D eigenvalue weighted by molar-refractivity contribution is -0.120. The normalized spacial score (nSPS) is 11.8. The Morgan fingerprint density at radius 2 is 2.05 bits per heavy atom. The molecule has 1 amide bonds. The van der Waals surface area contributed by atoms with E-state index in [0.717, 1.165) is 25.7 Å². The van der Waals surface area contributed by atoms with Gasteiger partial charge in [0.05, 0.1) is 7.11 Å². The van der Waals surface area contributed by atoms with E-state index in [4.69, 9.17) is 0 Å². The summed E-state index contributed by atoms with van der Waals surface area (Å²) >= 11 is 0. The topological polar surface area (TPSA) is 75.6 Å². The van der Waals surface area contributed by atoms with E-state index in [-0.39, 0.29) is 23.1 Å². The third kappa shape index (κ3) is 4.77. The van der Waals surface area contributed by atoms with Crippen LogP contribution in [0.2, 0.25) is 0 Å². The number of nitrogens with one attached hydrogen (secondary N) is 1. The van der Waals surface area contributed by atoms with E-state index >= 15 is 0 Å². The van der Waals surface area contributed by atoms with Gasteiger partial charge in [0.15, 0.2) is 0 Å². The monoisotopic (exact) mass is 293 g/mol. The molecule has 0 unspecified atom stereocenters. The van der Waals surface area contributed by atoms with E-state index in [1.807, 2.05) is 6.92 Å². The summed E-state index contributed by atoms with van der Waals surface area (Å²) in [6.45, 7) is 4.07. The van der Waals surface area contributed by atoms with Gasteiger partial charge < -0.3 is 15.2 Å². The fourth-order valence-corrected chi connectivity index (χ4v) is 2.10. The maximum absolute atomic E-state index is 12.2. The lowest BCUT2D eigenvalue weighted by Gasteiger charge is -2.15. The van der Waals surface area contributed by atoms with Crippen LogP contribution in [0.4, 0.5) is 5.69 Å². The standard InChI is InChI=1S/C16H23NO4/c1-4-6-7-11(5-2)15(19)17-12-8-9-14(18)13(10-12)16(20)21-3/h8-11,18H,4-7H2,1-3H3,(H,17,19)/t11-/m0/s1. The van der Waals surface area contributed by atoms with Crippen molar-refractivity contribution in [2.24, 2.45) is 5.92 Å². The number of hydrogen-bond acceptors (Lipinski definition) is 4. The van der Waals surface area contributed by atoms with Gasteiger partial charge in [-0.1, -0.05) is 26.7 Å². The van der Waals surface area contributed by atoms with Crippen LogP contribution in [0.3, 0.4) is 0 Å². The Bertz CT molecular complexity index is 499. The molecular formula is C16H23NO4. The van der Waals surface area contributed by atoms with E-state index in [1.54, 1.807) is 6.07 Å². The summed E-state index contributed by atoms with van der Waals surface area (Å²) in [5, 5.41) is 12.4. The van der Waals surface area contributed by atoms with Crippen molar-refractivity contribution in [2.45, 2.75) is 39.5 Å². The van der Waals surface area contributed by atoms with Crippen LogP contribution in [-0.2, 0) is 9.53 Å². The number of rotatable bonds is 7. The first-order chi connectivity index (χ1) is 10.0. The van der Waals surface area contributed by atoms with Gasteiger partial charge in [-0.15, -0.1) is 0 Å². The molecule has 0 heterocycles. The molecule has 0 bridgehead atoms. The maximum Gasteiger partial charge on any atom is 0.341 e. The van der Waals surface area contributed by atoms with E-state index in [0.29, 0.717) is 5.69 Å². The van der Waals surface area contributed by atoms with E-state index < -0.39 is 5.97 Å². The van der Waals surface area contributed by atoms with Crippen molar-refractivity contribution in [3.05, 3.63) is 23.8 Å². The highest BCUT2D eigenvalue weighted by Crippen LogP contribution is 2.23.